The molecule has 1 N–H and O–H groups in total. The highest BCUT2D eigenvalue weighted by Gasteiger charge is 2.22. The summed E-state index contributed by atoms with van der Waals surface area (Å²) in [5, 5.41) is 8.21. The van der Waals surface area contributed by atoms with E-state index in [0.29, 0.717) is 6.04 Å². The van der Waals surface area contributed by atoms with Crippen molar-refractivity contribution in [1.29, 1.82) is 0 Å². The lowest BCUT2D eigenvalue weighted by atomic mass is 10.0. The third-order valence-corrected chi connectivity index (χ3v) is 5.09. The van der Waals surface area contributed by atoms with Crippen LogP contribution in [0.1, 0.15) is 44.0 Å². The summed E-state index contributed by atoms with van der Waals surface area (Å²) in [6, 6.07) is 7.36. The number of rotatable bonds is 5. The smallest absolute Gasteiger partial charge is 0.125 e. The second-order valence-electron chi connectivity index (χ2n) is 6.67. The molecule has 1 aromatic heterocycles. The quantitative estimate of drug-likeness (QED) is 0.911. The van der Waals surface area contributed by atoms with E-state index >= 15 is 0 Å². The van der Waals surface area contributed by atoms with Crippen LogP contribution in [0, 0.1) is 12.7 Å². The maximum Gasteiger partial charge on any atom is 0.125 e. The molecular weight excluding hydrogens is 303 g/mol. The number of piperidine rings is 1. The Morgan fingerprint density at radius 3 is 2.75 bits per heavy atom. The minimum Gasteiger partial charge on any atom is -0.307 e. The minimum atomic E-state index is -0.238. The van der Waals surface area contributed by atoms with E-state index in [4.69, 9.17) is 0 Å². The zero-order valence-corrected chi connectivity index (χ0v) is 14.8. The Morgan fingerprint density at radius 2 is 2.08 bits per heavy atom. The summed E-state index contributed by atoms with van der Waals surface area (Å²) in [4.78, 5) is 2.50. The minimum absolute atomic E-state index is 0.238. The number of nitrogens with zero attached hydrogens (tertiary/aromatic N) is 3. The Hall–Kier alpha value is -1.72. The number of hydrogen-bond donors (Lipinski definition) is 1. The number of nitrogens with one attached hydrogen (secondary N) is 1. The van der Waals surface area contributed by atoms with Crippen LogP contribution in [0.3, 0.4) is 0 Å². The fourth-order valence-electron chi connectivity index (χ4n) is 3.57. The number of halogens is 1. The van der Waals surface area contributed by atoms with Gasteiger partial charge in [-0.3, -0.25) is 0 Å². The van der Waals surface area contributed by atoms with E-state index in [9.17, 15) is 4.39 Å². The molecule has 0 aliphatic carbocycles. The van der Waals surface area contributed by atoms with Crippen molar-refractivity contribution < 1.29 is 4.39 Å². The van der Waals surface area contributed by atoms with Gasteiger partial charge in [-0.25, -0.2) is 9.07 Å². The van der Waals surface area contributed by atoms with E-state index in [1.807, 2.05) is 23.9 Å². The molecular formula is C19H27FN4. The molecule has 0 spiro atoms. The maximum atomic E-state index is 13.5. The third-order valence-electron chi connectivity index (χ3n) is 5.09. The van der Waals surface area contributed by atoms with E-state index in [1.165, 1.54) is 43.6 Å². The highest BCUT2D eigenvalue weighted by molar-refractivity contribution is 5.35. The average Bonchev–Trinajstić information content (AvgIpc) is 2.97. The van der Waals surface area contributed by atoms with Crippen LogP contribution >= 0.6 is 0 Å². The Bertz CT molecular complexity index is 674. The van der Waals surface area contributed by atoms with Gasteiger partial charge in [0.2, 0.25) is 0 Å². The zero-order valence-electron chi connectivity index (χ0n) is 14.8. The fraction of sp³-hybridized carbons (Fsp3) is 0.526. The molecule has 0 amide bonds. The molecule has 0 radical (unpaired) electrons. The molecule has 0 unspecified atom stereocenters. The van der Waals surface area contributed by atoms with Gasteiger partial charge in [-0.15, -0.1) is 0 Å². The SMILES string of the molecule is CCN1CCC(N[C@@H](C)c2cnn(-c3cccc(F)c3)c2C)CC1. The lowest BCUT2D eigenvalue weighted by Crippen LogP contribution is -2.43. The van der Waals surface area contributed by atoms with Crippen molar-refractivity contribution in [2.45, 2.75) is 45.7 Å². The van der Waals surface area contributed by atoms with E-state index in [0.717, 1.165) is 17.9 Å². The highest BCUT2D eigenvalue weighted by atomic mass is 19.1. The molecule has 24 heavy (non-hydrogen) atoms. The maximum absolute atomic E-state index is 13.5. The van der Waals surface area contributed by atoms with E-state index in [-0.39, 0.29) is 11.9 Å². The fourth-order valence-corrected chi connectivity index (χ4v) is 3.57. The van der Waals surface area contributed by atoms with Gasteiger partial charge in [0, 0.05) is 23.3 Å². The summed E-state index contributed by atoms with van der Waals surface area (Å²) < 4.78 is 15.3. The molecule has 0 saturated carbocycles. The second-order valence-corrected chi connectivity index (χ2v) is 6.67. The number of hydrogen-bond acceptors (Lipinski definition) is 3. The van der Waals surface area contributed by atoms with Crippen molar-refractivity contribution in [3.05, 3.63) is 47.5 Å². The van der Waals surface area contributed by atoms with Gasteiger partial charge in [-0.1, -0.05) is 13.0 Å². The van der Waals surface area contributed by atoms with Crippen molar-refractivity contribution >= 4 is 0 Å². The first-order valence-corrected chi connectivity index (χ1v) is 8.87. The van der Waals surface area contributed by atoms with Gasteiger partial charge in [0.15, 0.2) is 0 Å². The van der Waals surface area contributed by atoms with Crippen molar-refractivity contribution in [1.82, 2.24) is 20.0 Å². The molecule has 4 nitrogen and oxygen atoms in total. The highest BCUT2D eigenvalue weighted by Crippen LogP contribution is 2.22. The lowest BCUT2D eigenvalue weighted by molar-refractivity contribution is 0.200. The Balaban J connectivity index is 1.69. The molecule has 2 aromatic rings. The molecule has 1 aromatic carbocycles. The van der Waals surface area contributed by atoms with Gasteiger partial charge in [0.25, 0.3) is 0 Å². The van der Waals surface area contributed by atoms with Gasteiger partial charge >= 0.3 is 0 Å². The monoisotopic (exact) mass is 330 g/mol. The summed E-state index contributed by atoms with van der Waals surface area (Å²) in [5.41, 5.74) is 3.01. The summed E-state index contributed by atoms with van der Waals surface area (Å²) in [6.45, 7) is 9.93. The van der Waals surface area contributed by atoms with Crippen LogP contribution in [0.4, 0.5) is 4.39 Å². The normalized spacial score (nSPS) is 18.0. The van der Waals surface area contributed by atoms with Crippen molar-refractivity contribution in [3.8, 4) is 5.69 Å². The van der Waals surface area contributed by atoms with Crippen LogP contribution in [0.5, 0.6) is 0 Å². The predicted molar refractivity (Wildman–Crippen MR) is 94.9 cm³/mol. The summed E-state index contributed by atoms with van der Waals surface area (Å²) >= 11 is 0. The molecule has 130 valence electrons. The summed E-state index contributed by atoms with van der Waals surface area (Å²) in [5.74, 6) is -0.238. The van der Waals surface area contributed by atoms with Crippen LogP contribution in [-0.2, 0) is 0 Å². The van der Waals surface area contributed by atoms with Crippen LogP contribution < -0.4 is 5.32 Å². The topological polar surface area (TPSA) is 33.1 Å². The van der Waals surface area contributed by atoms with Gasteiger partial charge in [0.1, 0.15) is 5.82 Å². The Morgan fingerprint density at radius 1 is 1.33 bits per heavy atom. The largest absolute Gasteiger partial charge is 0.307 e. The third kappa shape index (κ3) is 3.68. The molecule has 1 aliphatic rings. The Kier molecular flexibility index (Phi) is 5.31. The van der Waals surface area contributed by atoms with Gasteiger partial charge in [0.05, 0.1) is 11.9 Å². The molecule has 1 fully saturated rings. The van der Waals surface area contributed by atoms with Crippen LogP contribution in [-0.4, -0.2) is 40.4 Å². The molecule has 1 saturated heterocycles. The van der Waals surface area contributed by atoms with E-state index < -0.39 is 0 Å². The van der Waals surface area contributed by atoms with Crippen LogP contribution in [0.15, 0.2) is 30.5 Å². The molecule has 5 heteroatoms. The lowest BCUT2D eigenvalue weighted by Gasteiger charge is -2.33. The molecule has 3 rings (SSSR count). The van der Waals surface area contributed by atoms with Crippen molar-refractivity contribution in [2.24, 2.45) is 0 Å². The Labute approximate surface area is 143 Å². The molecule has 1 atom stereocenters. The zero-order chi connectivity index (χ0) is 17.1. The standard InChI is InChI=1S/C19H27FN4/c1-4-23-10-8-17(9-11-23)22-14(2)19-13-21-24(15(19)3)18-7-5-6-16(20)12-18/h5-7,12-14,17,22H,4,8-11H2,1-3H3/t14-/m0/s1. The first-order valence-electron chi connectivity index (χ1n) is 8.87. The number of aromatic nitrogens is 2. The first kappa shape index (κ1) is 17.1. The van der Waals surface area contributed by atoms with Gasteiger partial charge in [-0.2, -0.15) is 5.10 Å². The van der Waals surface area contributed by atoms with Gasteiger partial charge in [-0.05, 0) is 64.5 Å². The first-order chi connectivity index (χ1) is 11.6. The summed E-state index contributed by atoms with van der Waals surface area (Å²) in [6.07, 6.45) is 4.28. The average molecular weight is 330 g/mol. The molecule has 1 aliphatic heterocycles. The molecule has 0 bridgehead atoms. The second kappa shape index (κ2) is 7.45. The number of likely N-dealkylation sites (tertiary alicyclic amines) is 1. The molecule has 2 heterocycles. The van der Waals surface area contributed by atoms with Crippen LogP contribution in [0.25, 0.3) is 5.69 Å². The van der Waals surface area contributed by atoms with Gasteiger partial charge < -0.3 is 10.2 Å². The summed E-state index contributed by atoms with van der Waals surface area (Å²) in [7, 11) is 0. The number of benzene rings is 1. The van der Waals surface area contributed by atoms with E-state index in [2.05, 4.69) is 29.2 Å². The predicted octanol–water partition coefficient (Wildman–Crippen LogP) is 3.45. The van der Waals surface area contributed by atoms with Crippen molar-refractivity contribution in [3.63, 3.8) is 0 Å². The van der Waals surface area contributed by atoms with Crippen molar-refractivity contribution in [2.75, 3.05) is 19.6 Å². The van der Waals surface area contributed by atoms with E-state index in [1.54, 1.807) is 6.07 Å². The van der Waals surface area contributed by atoms with Crippen LogP contribution in [0.2, 0.25) is 0 Å².